The molecule has 1 N–H and O–H groups in total. The first-order valence-electron chi connectivity index (χ1n) is 13.3. The molecule has 0 saturated carbocycles. The second kappa shape index (κ2) is 14.3. The topological polar surface area (TPSA) is 86.8 Å². The fraction of sp³-hybridized carbons (Fsp3) is 0.188. The highest BCUT2D eigenvalue weighted by Crippen LogP contribution is 2.35. The molecule has 4 aromatic carbocycles. The van der Waals surface area contributed by atoms with Crippen LogP contribution in [0.3, 0.4) is 0 Å². The molecule has 0 unspecified atom stereocenters. The monoisotopic (exact) mass is 657 g/mol. The number of sulfonamides is 1. The molecular formula is C32H30Cl3N3O4S. The number of nitrogens with zero attached hydrogens (tertiary/aromatic N) is 2. The second-order valence-electron chi connectivity index (χ2n) is 9.87. The van der Waals surface area contributed by atoms with Gasteiger partial charge in [0.25, 0.3) is 10.0 Å². The molecule has 1 atom stereocenters. The predicted molar refractivity (Wildman–Crippen MR) is 172 cm³/mol. The number of amides is 2. The molecule has 0 aromatic heterocycles. The number of halogens is 3. The number of hydrogen-bond donors (Lipinski definition) is 1. The van der Waals surface area contributed by atoms with Crippen molar-refractivity contribution < 1.29 is 18.0 Å². The quantitative estimate of drug-likeness (QED) is 0.198. The van der Waals surface area contributed by atoms with E-state index in [-0.39, 0.29) is 33.6 Å². The number of nitrogens with one attached hydrogen (secondary N) is 1. The Bertz CT molecular complexity index is 1680. The van der Waals surface area contributed by atoms with Gasteiger partial charge >= 0.3 is 0 Å². The van der Waals surface area contributed by atoms with Crippen LogP contribution < -0.4 is 9.62 Å². The van der Waals surface area contributed by atoms with Crippen LogP contribution in [0.1, 0.15) is 16.7 Å². The third-order valence-electron chi connectivity index (χ3n) is 6.87. The van der Waals surface area contributed by atoms with Gasteiger partial charge < -0.3 is 10.2 Å². The van der Waals surface area contributed by atoms with Crippen molar-refractivity contribution in [2.45, 2.75) is 30.8 Å². The van der Waals surface area contributed by atoms with Crippen LogP contribution in [0.15, 0.2) is 102 Å². The molecule has 0 fully saturated rings. The molecule has 11 heteroatoms. The molecule has 0 aliphatic carbocycles. The lowest BCUT2D eigenvalue weighted by atomic mass is 10.0. The zero-order valence-corrected chi connectivity index (χ0v) is 26.6. The Morgan fingerprint density at radius 1 is 0.814 bits per heavy atom. The van der Waals surface area contributed by atoms with Gasteiger partial charge in [-0.1, -0.05) is 101 Å². The first kappa shape index (κ1) is 32.4. The molecular weight excluding hydrogens is 629 g/mol. The highest BCUT2D eigenvalue weighted by Gasteiger charge is 2.35. The molecule has 43 heavy (non-hydrogen) atoms. The summed E-state index contributed by atoms with van der Waals surface area (Å²) in [5.41, 5.74) is 2.43. The lowest BCUT2D eigenvalue weighted by Crippen LogP contribution is -2.53. The molecule has 7 nitrogen and oxygen atoms in total. The summed E-state index contributed by atoms with van der Waals surface area (Å²) in [5.74, 6) is -1.02. The standard InChI is InChI=1S/C32H30Cl3N3O4S/c1-22-11-17-26(18-12-22)43(41,42)38(28-10-6-9-27(34)31(28)35)21-30(39)37(20-24-13-15-25(33)16-14-24)29(32(40)36-2)19-23-7-4-3-5-8-23/h3-18,29H,19-21H2,1-2H3,(H,36,40)/t29-/m0/s1. The van der Waals surface area contributed by atoms with Crippen molar-refractivity contribution in [3.63, 3.8) is 0 Å². The van der Waals surface area contributed by atoms with Crippen LogP contribution in [0.2, 0.25) is 15.1 Å². The van der Waals surface area contributed by atoms with Crippen LogP contribution in [-0.2, 0) is 32.6 Å². The van der Waals surface area contributed by atoms with E-state index in [1.807, 2.05) is 37.3 Å². The number of benzene rings is 4. The van der Waals surface area contributed by atoms with Crippen LogP contribution in [-0.4, -0.2) is 44.8 Å². The van der Waals surface area contributed by atoms with Crippen molar-refractivity contribution in [2.75, 3.05) is 17.9 Å². The molecule has 2 amide bonds. The second-order valence-corrected chi connectivity index (χ2v) is 12.9. The molecule has 0 heterocycles. The maximum absolute atomic E-state index is 14.3. The third-order valence-corrected chi connectivity index (χ3v) is 9.71. The SMILES string of the molecule is CNC(=O)[C@H](Cc1ccccc1)N(Cc1ccc(Cl)cc1)C(=O)CN(c1cccc(Cl)c1Cl)S(=O)(=O)c1ccc(C)cc1. The van der Waals surface area contributed by atoms with E-state index in [4.69, 9.17) is 34.8 Å². The first-order chi connectivity index (χ1) is 20.5. The lowest BCUT2D eigenvalue weighted by Gasteiger charge is -2.33. The van der Waals surface area contributed by atoms with Gasteiger partial charge in [-0.25, -0.2) is 8.42 Å². The summed E-state index contributed by atoms with van der Waals surface area (Å²) in [6, 6.07) is 26.0. The number of likely N-dealkylation sites (N-methyl/N-ethyl adjacent to an activating group) is 1. The number of rotatable bonds is 11. The largest absolute Gasteiger partial charge is 0.357 e. The Morgan fingerprint density at radius 2 is 1.47 bits per heavy atom. The molecule has 0 bridgehead atoms. The maximum atomic E-state index is 14.3. The molecule has 0 aliphatic rings. The zero-order chi connectivity index (χ0) is 31.1. The summed E-state index contributed by atoms with van der Waals surface area (Å²) in [5, 5.41) is 3.27. The van der Waals surface area contributed by atoms with Gasteiger partial charge in [-0.05, 0) is 54.4 Å². The molecule has 4 aromatic rings. The third kappa shape index (κ3) is 7.89. The zero-order valence-electron chi connectivity index (χ0n) is 23.5. The Kier molecular flexibility index (Phi) is 10.7. The fourth-order valence-corrected chi connectivity index (χ4v) is 6.54. The van der Waals surface area contributed by atoms with E-state index in [9.17, 15) is 18.0 Å². The van der Waals surface area contributed by atoms with Crippen LogP contribution in [0.5, 0.6) is 0 Å². The van der Waals surface area contributed by atoms with Crippen LogP contribution in [0, 0.1) is 6.92 Å². The minimum absolute atomic E-state index is 0.0165. The van der Waals surface area contributed by atoms with Gasteiger partial charge in [0.1, 0.15) is 12.6 Å². The smallest absolute Gasteiger partial charge is 0.264 e. The molecule has 0 radical (unpaired) electrons. The van der Waals surface area contributed by atoms with Gasteiger partial charge in [-0.3, -0.25) is 13.9 Å². The minimum Gasteiger partial charge on any atom is -0.357 e. The van der Waals surface area contributed by atoms with Crippen LogP contribution in [0.4, 0.5) is 5.69 Å². The van der Waals surface area contributed by atoms with Gasteiger partial charge in [0.2, 0.25) is 11.8 Å². The van der Waals surface area contributed by atoms with Gasteiger partial charge in [0.15, 0.2) is 0 Å². The molecule has 4 rings (SSSR count). The van der Waals surface area contributed by atoms with Crippen molar-refractivity contribution in [1.29, 1.82) is 0 Å². The van der Waals surface area contributed by atoms with E-state index in [0.29, 0.717) is 10.6 Å². The number of hydrogen-bond acceptors (Lipinski definition) is 4. The van der Waals surface area contributed by atoms with Crippen molar-refractivity contribution in [3.05, 3.63) is 129 Å². The van der Waals surface area contributed by atoms with E-state index in [2.05, 4.69) is 5.32 Å². The molecule has 0 spiro atoms. The maximum Gasteiger partial charge on any atom is 0.264 e. The number of anilines is 1. The lowest BCUT2D eigenvalue weighted by molar-refractivity contribution is -0.139. The molecule has 0 aliphatic heterocycles. The summed E-state index contributed by atoms with van der Waals surface area (Å²) in [6.07, 6.45) is 0.197. The van der Waals surface area contributed by atoms with E-state index in [1.54, 1.807) is 42.5 Å². The van der Waals surface area contributed by atoms with Gasteiger partial charge in [-0.2, -0.15) is 0 Å². The van der Waals surface area contributed by atoms with E-state index in [1.165, 1.54) is 36.2 Å². The Morgan fingerprint density at radius 3 is 2.09 bits per heavy atom. The number of aryl methyl sites for hydroxylation is 1. The predicted octanol–water partition coefficient (Wildman–Crippen LogP) is 6.54. The van der Waals surface area contributed by atoms with Gasteiger partial charge in [-0.15, -0.1) is 0 Å². The summed E-state index contributed by atoms with van der Waals surface area (Å²) >= 11 is 18.9. The van der Waals surface area contributed by atoms with Crippen LogP contribution in [0.25, 0.3) is 0 Å². The minimum atomic E-state index is -4.30. The Hall–Kier alpha value is -3.56. The molecule has 0 saturated heterocycles. The fourth-order valence-electron chi connectivity index (χ4n) is 4.54. The number of carbonyl (C=O) groups is 2. The average Bonchev–Trinajstić information content (AvgIpc) is 3.00. The summed E-state index contributed by atoms with van der Waals surface area (Å²) in [7, 11) is -2.81. The summed E-state index contributed by atoms with van der Waals surface area (Å²) in [6.45, 7) is 1.21. The van der Waals surface area contributed by atoms with E-state index >= 15 is 0 Å². The van der Waals surface area contributed by atoms with Crippen LogP contribution >= 0.6 is 34.8 Å². The van der Waals surface area contributed by atoms with Crippen molar-refractivity contribution in [2.24, 2.45) is 0 Å². The summed E-state index contributed by atoms with van der Waals surface area (Å²) in [4.78, 5) is 29.0. The van der Waals surface area contributed by atoms with Crippen molar-refractivity contribution >= 4 is 62.3 Å². The average molecular weight is 659 g/mol. The number of carbonyl (C=O) groups excluding carboxylic acids is 2. The highest BCUT2D eigenvalue weighted by molar-refractivity contribution is 7.92. The van der Waals surface area contributed by atoms with Crippen molar-refractivity contribution in [3.8, 4) is 0 Å². The highest BCUT2D eigenvalue weighted by atomic mass is 35.5. The Balaban J connectivity index is 1.81. The summed E-state index contributed by atoms with van der Waals surface area (Å²) < 4.78 is 29.1. The van der Waals surface area contributed by atoms with Gasteiger partial charge in [0.05, 0.1) is 20.6 Å². The van der Waals surface area contributed by atoms with E-state index < -0.39 is 34.4 Å². The molecule has 224 valence electrons. The Labute approximate surface area is 267 Å². The first-order valence-corrected chi connectivity index (χ1v) is 15.9. The van der Waals surface area contributed by atoms with Crippen molar-refractivity contribution in [1.82, 2.24) is 10.2 Å². The normalized spacial score (nSPS) is 11.9. The van der Waals surface area contributed by atoms with E-state index in [0.717, 1.165) is 15.4 Å². The van der Waals surface area contributed by atoms with Gasteiger partial charge in [0, 0.05) is 25.0 Å².